The van der Waals surface area contributed by atoms with Crippen LogP contribution in [0.25, 0.3) is 0 Å². The fraction of sp³-hybridized carbons (Fsp3) is 0.528. The van der Waals surface area contributed by atoms with E-state index in [0.29, 0.717) is 31.4 Å². The number of guanidine groups is 1. The molecule has 0 saturated heterocycles. The van der Waals surface area contributed by atoms with Gasteiger partial charge in [-0.3, -0.25) is 19.4 Å². The highest BCUT2D eigenvalue weighted by atomic mass is 32.2. The molecule has 19 heteroatoms. The number of benzene rings is 2. The van der Waals surface area contributed by atoms with Gasteiger partial charge in [-0.2, -0.15) is 13.2 Å². The smallest absolute Gasteiger partial charge is 0.475 e. The third-order valence-electron chi connectivity index (χ3n) is 7.76. The molecule has 15 nitrogen and oxygen atoms in total. The second-order valence-corrected chi connectivity index (χ2v) is 15.3. The highest BCUT2D eigenvalue weighted by Crippen LogP contribution is 2.15. The molecule has 0 unspecified atom stereocenters. The highest BCUT2D eigenvalue weighted by molar-refractivity contribution is 7.88. The van der Waals surface area contributed by atoms with Crippen molar-refractivity contribution in [2.45, 2.75) is 96.0 Å². The van der Waals surface area contributed by atoms with Gasteiger partial charge in [-0.1, -0.05) is 88.4 Å². The Labute approximate surface area is 320 Å². The SMILES string of the molecule is CC(C)C[C@H](NC(=O)[C@@H](NC(=O)[C@H](CCCN=C(N)N)NS(=O)(=O)Cc1ccccc1)C(C)C)[C@@H](O)CC(=O)NCCc1ccccc1.O=C(O)C(F)(F)F. The molecular weight excluding hydrogens is 747 g/mol. The molecule has 0 aliphatic rings. The second-order valence-electron chi connectivity index (χ2n) is 13.5. The quantitative estimate of drug-likeness (QED) is 0.0517. The maximum atomic E-state index is 13.6. The summed E-state index contributed by atoms with van der Waals surface area (Å²) >= 11 is 0. The summed E-state index contributed by atoms with van der Waals surface area (Å²) in [5.74, 6) is -5.13. The van der Waals surface area contributed by atoms with Crippen LogP contribution in [0.4, 0.5) is 13.2 Å². The van der Waals surface area contributed by atoms with E-state index in [9.17, 15) is 41.1 Å². The average molecular weight is 802 g/mol. The van der Waals surface area contributed by atoms with Crippen LogP contribution in [0.1, 0.15) is 64.5 Å². The van der Waals surface area contributed by atoms with Gasteiger partial charge >= 0.3 is 12.1 Å². The molecular formula is C36H54F3N7O8S. The van der Waals surface area contributed by atoms with Crippen LogP contribution >= 0.6 is 0 Å². The Morgan fingerprint density at radius 3 is 1.91 bits per heavy atom. The van der Waals surface area contributed by atoms with Crippen LogP contribution in [0.15, 0.2) is 65.7 Å². The van der Waals surface area contributed by atoms with Gasteiger partial charge in [-0.25, -0.2) is 17.9 Å². The zero-order chi connectivity index (χ0) is 41.8. The number of halogens is 3. The van der Waals surface area contributed by atoms with Gasteiger partial charge in [0, 0.05) is 13.1 Å². The summed E-state index contributed by atoms with van der Waals surface area (Å²) in [5.41, 5.74) is 12.4. The Morgan fingerprint density at radius 2 is 1.42 bits per heavy atom. The molecule has 2 aromatic carbocycles. The number of hydrogen-bond acceptors (Lipinski definition) is 8. The van der Waals surface area contributed by atoms with E-state index in [1.54, 1.807) is 44.2 Å². The van der Waals surface area contributed by atoms with Crippen molar-refractivity contribution in [2.75, 3.05) is 13.1 Å². The van der Waals surface area contributed by atoms with E-state index >= 15 is 0 Å². The average Bonchev–Trinajstić information content (AvgIpc) is 3.08. The van der Waals surface area contributed by atoms with E-state index in [1.807, 2.05) is 44.2 Å². The fourth-order valence-electron chi connectivity index (χ4n) is 5.08. The fourth-order valence-corrected chi connectivity index (χ4v) is 6.45. The molecule has 0 spiro atoms. The topological polar surface area (TPSA) is 255 Å². The van der Waals surface area contributed by atoms with Gasteiger partial charge in [0.05, 0.1) is 24.3 Å². The molecule has 4 atom stereocenters. The van der Waals surface area contributed by atoms with Crippen LogP contribution in [-0.2, 0) is 41.4 Å². The number of carboxylic acid groups (broad SMARTS) is 1. The summed E-state index contributed by atoms with van der Waals surface area (Å²) in [5, 5.41) is 26.5. The number of alkyl halides is 3. The lowest BCUT2D eigenvalue weighted by molar-refractivity contribution is -0.192. The van der Waals surface area contributed by atoms with E-state index in [4.69, 9.17) is 21.4 Å². The van der Waals surface area contributed by atoms with E-state index in [0.717, 1.165) is 5.56 Å². The lowest BCUT2D eigenvalue weighted by atomic mass is 9.95. The molecule has 0 radical (unpaired) electrons. The van der Waals surface area contributed by atoms with Crippen molar-refractivity contribution in [1.82, 2.24) is 20.7 Å². The number of carbonyl (C=O) groups is 4. The number of sulfonamides is 1. The number of aliphatic carboxylic acids is 1. The number of aliphatic hydroxyl groups excluding tert-OH is 1. The maximum Gasteiger partial charge on any atom is 0.490 e. The molecule has 0 aliphatic heterocycles. The van der Waals surface area contributed by atoms with Crippen molar-refractivity contribution < 1.29 is 51.0 Å². The van der Waals surface area contributed by atoms with Crippen molar-refractivity contribution in [3.63, 3.8) is 0 Å². The lowest BCUT2D eigenvalue weighted by Gasteiger charge is -2.30. The van der Waals surface area contributed by atoms with Crippen LogP contribution in [0, 0.1) is 11.8 Å². The number of aliphatic hydroxyl groups is 1. The summed E-state index contributed by atoms with van der Waals surface area (Å²) < 4.78 is 60.3. The van der Waals surface area contributed by atoms with E-state index in [2.05, 4.69) is 25.7 Å². The van der Waals surface area contributed by atoms with Crippen molar-refractivity contribution >= 4 is 39.7 Å². The molecule has 0 saturated carbocycles. The van der Waals surface area contributed by atoms with Crippen molar-refractivity contribution in [1.29, 1.82) is 0 Å². The number of carboxylic acids is 1. The predicted molar refractivity (Wildman–Crippen MR) is 202 cm³/mol. The second kappa shape index (κ2) is 23.9. The number of aliphatic imine (C=N–C) groups is 1. The van der Waals surface area contributed by atoms with Crippen molar-refractivity contribution in [3.05, 3.63) is 71.8 Å². The van der Waals surface area contributed by atoms with Gasteiger partial charge < -0.3 is 37.6 Å². The first kappa shape index (κ1) is 48.3. The predicted octanol–water partition coefficient (Wildman–Crippen LogP) is 1.94. The Hall–Kier alpha value is -4.75. The minimum absolute atomic E-state index is 0.0666. The van der Waals surface area contributed by atoms with Gasteiger partial charge in [-0.05, 0) is 48.6 Å². The maximum absolute atomic E-state index is 13.6. The summed E-state index contributed by atoms with van der Waals surface area (Å²) in [6.45, 7) is 7.93. The van der Waals surface area contributed by atoms with Gasteiger partial charge in [0.25, 0.3) is 0 Å². The summed E-state index contributed by atoms with van der Waals surface area (Å²) in [6.07, 6.45) is -5.09. The first-order valence-corrected chi connectivity index (χ1v) is 19.2. The Morgan fingerprint density at radius 1 is 0.873 bits per heavy atom. The van der Waals surface area contributed by atoms with Crippen molar-refractivity contribution in [2.24, 2.45) is 28.3 Å². The molecule has 0 fully saturated rings. The first-order chi connectivity index (χ1) is 25.6. The molecule has 55 heavy (non-hydrogen) atoms. The van der Waals surface area contributed by atoms with Crippen LogP contribution in [0.3, 0.4) is 0 Å². The Bertz CT molecular complexity index is 1630. The lowest BCUT2D eigenvalue weighted by Crippen LogP contribution is -2.58. The van der Waals surface area contributed by atoms with Gasteiger partial charge in [0.1, 0.15) is 12.1 Å². The third-order valence-corrected chi connectivity index (χ3v) is 9.12. The summed E-state index contributed by atoms with van der Waals surface area (Å²) in [6, 6.07) is 15.2. The van der Waals surface area contributed by atoms with Crippen LogP contribution in [-0.4, -0.2) is 91.8 Å². The number of nitrogens with two attached hydrogens (primary N) is 2. The number of carbonyl (C=O) groups excluding carboxylic acids is 3. The number of nitrogens with zero attached hydrogens (tertiary/aromatic N) is 1. The molecule has 0 aromatic heterocycles. The van der Waals surface area contributed by atoms with Crippen LogP contribution < -0.4 is 32.1 Å². The largest absolute Gasteiger partial charge is 0.490 e. The molecule has 0 heterocycles. The molecule has 3 amide bonds. The zero-order valence-corrected chi connectivity index (χ0v) is 32.2. The van der Waals surface area contributed by atoms with Gasteiger partial charge in [0.2, 0.25) is 27.7 Å². The minimum atomic E-state index is -5.08. The van der Waals surface area contributed by atoms with Crippen LogP contribution in [0.2, 0.25) is 0 Å². The standard InChI is InChI=1S/C34H53N7O6S.C2HF3O2/c1-23(2)20-28(29(42)21-30(43)37-19-17-25-12-7-5-8-13-25)39-33(45)31(24(3)4)40-32(44)27(16-11-18-38-34(35)36)41-48(46,47)22-26-14-9-6-10-15-26;3-2(4,5)1(6)7/h5-10,12-15,23-24,27-29,31,41-42H,11,16-22H2,1-4H3,(H,37,43)(H,39,45)(H,40,44)(H4,35,36,38);(H,6,7)/t27-,28-,29-,31-;/m0./s1. The Balaban J connectivity index is 0.00000196. The number of amides is 3. The molecule has 10 N–H and O–H groups in total. The molecule has 0 bridgehead atoms. The summed E-state index contributed by atoms with van der Waals surface area (Å²) in [7, 11) is -3.95. The molecule has 2 aromatic rings. The van der Waals surface area contributed by atoms with Crippen molar-refractivity contribution in [3.8, 4) is 0 Å². The van der Waals surface area contributed by atoms with Crippen LogP contribution in [0.5, 0.6) is 0 Å². The van der Waals surface area contributed by atoms with Gasteiger partial charge in [-0.15, -0.1) is 0 Å². The Kier molecular flexibility index (Phi) is 21.0. The van der Waals surface area contributed by atoms with E-state index < -0.39 is 64.1 Å². The molecule has 0 aliphatic carbocycles. The highest BCUT2D eigenvalue weighted by Gasteiger charge is 2.38. The molecule has 2 rings (SSSR count). The summed E-state index contributed by atoms with van der Waals surface area (Å²) in [4.78, 5) is 52.6. The minimum Gasteiger partial charge on any atom is -0.475 e. The number of hydrogen-bond donors (Lipinski definition) is 8. The van der Waals surface area contributed by atoms with E-state index in [-0.39, 0.29) is 42.9 Å². The van der Waals surface area contributed by atoms with Gasteiger partial charge in [0.15, 0.2) is 5.96 Å². The first-order valence-electron chi connectivity index (χ1n) is 17.6. The normalized spacial score (nSPS) is 13.7. The monoisotopic (exact) mass is 801 g/mol. The number of rotatable bonds is 21. The molecule has 308 valence electrons. The number of nitrogens with one attached hydrogen (secondary N) is 4. The third kappa shape index (κ3) is 21.1. The van der Waals surface area contributed by atoms with E-state index in [1.165, 1.54) is 0 Å². The zero-order valence-electron chi connectivity index (χ0n) is 31.4.